The molecule has 1 amide bonds. The maximum atomic E-state index is 12.0. The summed E-state index contributed by atoms with van der Waals surface area (Å²) in [4.78, 5) is 13.8. The molecule has 1 atom stereocenters. The zero-order chi connectivity index (χ0) is 16.1. The van der Waals surface area contributed by atoms with E-state index in [0.717, 1.165) is 38.9 Å². The highest BCUT2D eigenvalue weighted by atomic mass is 16.6. The highest BCUT2D eigenvalue weighted by Crippen LogP contribution is 2.20. The zero-order valence-corrected chi connectivity index (χ0v) is 14.2. The van der Waals surface area contributed by atoms with Crippen LogP contribution in [0.2, 0.25) is 0 Å². The highest BCUT2D eigenvalue weighted by Gasteiger charge is 2.28. The van der Waals surface area contributed by atoms with Gasteiger partial charge in [-0.25, -0.2) is 4.79 Å². The number of amides is 1. The molecule has 5 nitrogen and oxygen atoms in total. The fourth-order valence-electron chi connectivity index (χ4n) is 2.33. The van der Waals surface area contributed by atoms with E-state index in [4.69, 9.17) is 4.74 Å². The number of aliphatic hydroxyl groups excluding tert-OH is 1. The van der Waals surface area contributed by atoms with Crippen LogP contribution >= 0.6 is 0 Å². The maximum Gasteiger partial charge on any atom is 0.410 e. The number of carbonyl (C=O) groups is 1. The maximum absolute atomic E-state index is 12.0. The Hall–Kier alpha value is -0.810. The van der Waals surface area contributed by atoms with E-state index in [9.17, 15) is 9.90 Å². The van der Waals surface area contributed by atoms with Gasteiger partial charge in [0.15, 0.2) is 0 Å². The molecule has 1 heterocycles. The van der Waals surface area contributed by atoms with Gasteiger partial charge in [-0.05, 0) is 59.4 Å². The van der Waals surface area contributed by atoms with Gasteiger partial charge in [-0.1, -0.05) is 6.92 Å². The van der Waals surface area contributed by atoms with Crippen molar-refractivity contribution in [2.75, 3.05) is 26.2 Å². The molecule has 0 aromatic carbocycles. The second-order valence-electron chi connectivity index (χ2n) is 7.36. The molecule has 0 saturated carbocycles. The second kappa shape index (κ2) is 7.45. The van der Waals surface area contributed by atoms with Crippen LogP contribution in [-0.4, -0.2) is 53.5 Å². The van der Waals surface area contributed by atoms with Crippen LogP contribution in [-0.2, 0) is 4.74 Å². The molecule has 1 rings (SSSR count). The summed E-state index contributed by atoms with van der Waals surface area (Å²) in [7, 11) is 0. The van der Waals surface area contributed by atoms with Crippen molar-refractivity contribution in [3.8, 4) is 0 Å². The van der Waals surface area contributed by atoms with Crippen LogP contribution in [0.5, 0.6) is 0 Å². The summed E-state index contributed by atoms with van der Waals surface area (Å²) in [6, 6.07) is 0. The predicted molar refractivity (Wildman–Crippen MR) is 84.3 cm³/mol. The van der Waals surface area contributed by atoms with Gasteiger partial charge in [0.25, 0.3) is 0 Å². The molecule has 5 heteroatoms. The van der Waals surface area contributed by atoms with Gasteiger partial charge in [-0.15, -0.1) is 0 Å². The average molecular weight is 300 g/mol. The van der Waals surface area contributed by atoms with Crippen LogP contribution in [0.25, 0.3) is 0 Å². The molecule has 0 aromatic rings. The molecule has 1 aliphatic rings. The average Bonchev–Trinajstić information content (AvgIpc) is 2.43. The Labute approximate surface area is 129 Å². The van der Waals surface area contributed by atoms with Gasteiger partial charge in [0.1, 0.15) is 5.60 Å². The van der Waals surface area contributed by atoms with Gasteiger partial charge < -0.3 is 20.1 Å². The lowest BCUT2D eigenvalue weighted by atomic mass is 9.94. The number of nitrogens with zero attached hydrogens (tertiary/aromatic N) is 1. The summed E-state index contributed by atoms with van der Waals surface area (Å²) in [5, 5.41) is 12.9. The second-order valence-corrected chi connectivity index (χ2v) is 7.36. The normalized spacial score (nSPS) is 20.2. The minimum absolute atomic E-state index is 0.153. The Morgan fingerprint density at radius 3 is 2.29 bits per heavy atom. The highest BCUT2D eigenvalue weighted by molar-refractivity contribution is 5.68. The van der Waals surface area contributed by atoms with Gasteiger partial charge in [-0.3, -0.25) is 0 Å². The van der Waals surface area contributed by atoms with Crippen molar-refractivity contribution >= 4 is 6.09 Å². The number of hydrogen-bond acceptors (Lipinski definition) is 4. The monoisotopic (exact) mass is 300 g/mol. The van der Waals surface area contributed by atoms with Crippen molar-refractivity contribution in [1.82, 2.24) is 10.2 Å². The lowest BCUT2D eigenvalue weighted by Crippen LogP contribution is -2.49. The Kier molecular flexibility index (Phi) is 6.47. The molecule has 1 aliphatic heterocycles. The van der Waals surface area contributed by atoms with Crippen molar-refractivity contribution in [3.63, 3.8) is 0 Å². The fourth-order valence-corrected chi connectivity index (χ4v) is 2.33. The summed E-state index contributed by atoms with van der Waals surface area (Å²) >= 11 is 0. The first kappa shape index (κ1) is 18.2. The molecule has 21 heavy (non-hydrogen) atoms. The Morgan fingerprint density at radius 1 is 1.29 bits per heavy atom. The van der Waals surface area contributed by atoms with Gasteiger partial charge in [0, 0.05) is 18.6 Å². The molecule has 1 saturated heterocycles. The molecule has 0 spiro atoms. The molecule has 124 valence electrons. The molecule has 0 bridgehead atoms. The number of ether oxygens (including phenoxy) is 1. The van der Waals surface area contributed by atoms with Crippen molar-refractivity contribution in [1.29, 1.82) is 0 Å². The fraction of sp³-hybridized carbons (Fsp3) is 0.938. The Morgan fingerprint density at radius 2 is 1.86 bits per heavy atom. The van der Waals surface area contributed by atoms with E-state index < -0.39 is 5.60 Å². The molecular formula is C16H32N2O3. The number of likely N-dealkylation sites (tertiary alicyclic amines) is 1. The summed E-state index contributed by atoms with van der Waals surface area (Å²) in [5.74, 6) is 0.557. The molecule has 0 radical (unpaired) electrons. The molecule has 1 unspecified atom stereocenters. The minimum Gasteiger partial charge on any atom is -0.444 e. The number of rotatable bonds is 5. The summed E-state index contributed by atoms with van der Waals surface area (Å²) in [6.07, 6.45) is 2.66. The van der Waals surface area contributed by atoms with E-state index in [1.54, 1.807) is 4.90 Å². The van der Waals surface area contributed by atoms with Gasteiger partial charge >= 0.3 is 6.09 Å². The molecular weight excluding hydrogens is 268 g/mol. The number of hydrogen-bond donors (Lipinski definition) is 2. The number of aliphatic hydroxyl groups is 1. The SMILES string of the molecule is CCC(C)(CO)NCC1CCN(C(=O)OC(C)(C)C)CC1. The molecule has 0 aromatic heterocycles. The van der Waals surface area contributed by atoms with Crippen LogP contribution < -0.4 is 5.32 Å². The summed E-state index contributed by atoms with van der Waals surface area (Å²) < 4.78 is 5.40. The summed E-state index contributed by atoms with van der Waals surface area (Å²) in [6.45, 7) is 12.4. The summed E-state index contributed by atoms with van der Waals surface area (Å²) in [5.41, 5.74) is -0.623. The van der Waals surface area contributed by atoms with Gasteiger partial charge in [0.05, 0.1) is 6.61 Å². The van der Waals surface area contributed by atoms with E-state index >= 15 is 0 Å². The topological polar surface area (TPSA) is 61.8 Å². The Balaban J connectivity index is 2.34. The van der Waals surface area contributed by atoms with Crippen LogP contribution in [0.15, 0.2) is 0 Å². The predicted octanol–water partition coefficient (Wildman–Crippen LogP) is 2.38. The van der Waals surface area contributed by atoms with Crippen molar-refractivity contribution in [3.05, 3.63) is 0 Å². The quantitative estimate of drug-likeness (QED) is 0.818. The Bertz CT molecular complexity index is 327. The molecule has 1 fully saturated rings. The van der Waals surface area contributed by atoms with Crippen molar-refractivity contribution < 1.29 is 14.6 Å². The lowest BCUT2D eigenvalue weighted by Gasteiger charge is -2.35. The minimum atomic E-state index is -0.431. The first-order valence-electron chi connectivity index (χ1n) is 8.03. The molecule has 0 aliphatic carbocycles. The van der Waals surface area contributed by atoms with Crippen molar-refractivity contribution in [2.24, 2.45) is 5.92 Å². The number of carbonyl (C=O) groups excluding carboxylic acids is 1. The van der Waals surface area contributed by atoms with E-state index in [1.807, 2.05) is 27.7 Å². The number of nitrogens with one attached hydrogen (secondary N) is 1. The van der Waals surface area contributed by atoms with E-state index in [-0.39, 0.29) is 18.2 Å². The van der Waals surface area contributed by atoms with Crippen LogP contribution in [0, 0.1) is 5.92 Å². The smallest absolute Gasteiger partial charge is 0.410 e. The van der Waals surface area contributed by atoms with Gasteiger partial charge in [0.2, 0.25) is 0 Å². The van der Waals surface area contributed by atoms with E-state index in [2.05, 4.69) is 12.2 Å². The first-order valence-corrected chi connectivity index (χ1v) is 8.03. The zero-order valence-electron chi connectivity index (χ0n) is 14.2. The van der Waals surface area contributed by atoms with E-state index in [1.165, 1.54) is 0 Å². The van der Waals surface area contributed by atoms with Gasteiger partial charge in [-0.2, -0.15) is 0 Å². The van der Waals surface area contributed by atoms with Crippen LogP contribution in [0.3, 0.4) is 0 Å². The third kappa shape index (κ3) is 6.22. The van der Waals surface area contributed by atoms with E-state index in [0.29, 0.717) is 5.92 Å². The first-order chi connectivity index (χ1) is 9.69. The van der Waals surface area contributed by atoms with Crippen LogP contribution in [0.4, 0.5) is 4.79 Å². The molecule has 2 N–H and O–H groups in total. The largest absolute Gasteiger partial charge is 0.444 e. The van der Waals surface area contributed by atoms with Crippen molar-refractivity contribution in [2.45, 2.75) is 65.0 Å². The lowest BCUT2D eigenvalue weighted by molar-refractivity contribution is 0.0180. The third-order valence-electron chi connectivity index (χ3n) is 4.21. The third-order valence-corrected chi connectivity index (χ3v) is 4.21. The standard InChI is InChI=1S/C16H32N2O3/c1-6-16(5,12-19)17-11-13-7-9-18(10-8-13)14(20)21-15(2,3)4/h13,17,19H,6-12H2,1-5H3. The van der Waals surface area contributed by atoms with Crippen LogP contribution in [0.1, 0.15) is 53.9 Å². The number of piperidine rings is 1.